The molecule has 1 aromatic carbocycles. The number of aliphatic imine (C=N–C) groups is 1. The van der Waals surface area contributed by atoms with E-state index >= 15 is 0 Å². The first kappa shape index (κ1) is 13.4. The summed E-state index contributed by atoms with van der Waals surface area (Å²) >= 11 is 1.58. The van der Waals surface area contributed by atoms with Crippen molar-refractivity contribution in [3.05, 3.63) is 35.0 Å². The van der Waals surface area contributed by atoms with Crippen LogP contribution in [0.15, 0.2) is 34.4 Å². The van der Waals surface area contributed by atoms with Gasteiger partial charge in [0.2, 0.25) is 5.96 Å². The number of amides is 1. The van der Waals surface area contributed by atoms with Crippen LogP contribution in [0.4, 0.5) is 0 Å². The molecular weight excluding hydrogens is 300 g/mol. The Morgan fingerprint density at radius 1 is 1.41 bits per heavy atom. The van der Waals surface area contributed by atoms with E-state index in [1.54, 1.807) is 11.3 Å². The lowest BCUT2D eigenvalue weighted by Crippen LogP contribution is -2.27. The highest BCUT2D eigenvalue weighted by Gasteiger charge is 2.24. The van der Waals surface area contributed by atoms with Crippen LogP contribution in [0.25, 0.3) is 16.3 Å². The van der Waals surface area contributed by atoms with Crippen LogP contribution < -0.4 is 10.6 Å². The number of nitrogens with zero attached hydrogens (tertiary/aromatic N) is 2. The SMILES string of the molecule is O=C1NC(=N[C@H]2CCOC2)N/C1=C\c1ccc2ncsc2c1. The number of carbonyl (C=O) groups excluding carboxylic acids is 1. The highest BCUT2D eigenvalue weighted by Crippen LogP contribution is 2.20. The molecule has 2 saturated heterocycles. The van der Waals surface area contributed by atoms with Gasteiger partial charge in [-0.1, -0.05) is 6.07 Å². The Morgan fingerprint density at radius 3 is 3.23 bits per heavy atom. The number of carbonyl (C=O) groups is 1. The number of hydrogen-bond acceptors (Lipinski definition) is 5. The summed E-state index contributed by atoms with van der Waals surface area (Å²) in [5.74, 6) is 0.340. The van der Waals surface area contributed by atoms with Crippen molar-refractivity contribution in [2.45, 2.75) is 12.5 Å². The third kappa shape index (κ3) is 2.60. The van der Waals surface area contributed by atoms with Gasteiger partial charge in [0.25, 0.3) is 5.91 Å². The van der Waals surface area contributed by atoms with Crippen LogP contribution in [0.2, 0.25) is 0 Å². The molecule has 0 aliphatic carbocycles. The maximum Gasteiger partial charge on any atom is 0.274 e. The normalized spacial score (nSPS) is 25.1. The Morgan fingerprint density at radius 2 is 2.36 bits per heavy atom. The number of thiazole rings is 1. The van der Waals surface area contributed by atoms with Crippen LogP contribution in [0, 0.1) is 0 Å². The van der Waals surface area contributed by atoms with E-state index in [0.717, 1.165) is 28.8 Å². The third-order valence-corrected chi connectivity index (χ3v) is 4.41. The molecule has 2 N–H and O–H groups in total. The Bertz CT molecular complexity index is 790. The first-order chi connectivity index (χ1) is 10.8. The molecule has 2 aliphatic rings. The fourth-order valence-electron chi connectivity index (χ4n) is 2.49. The van der Waals surface area contributed by atoms with E-state index in [1.807, 2.05) is 29.8 Å². The van der Waals surface area contributed by atoms with Gasteiger partial charge in [0.15, 0.2) is 0 Å². The Labute approximate surface area is 130 Å². The molecule has 6 nitrogen and oxygen atoms in total. The number of nitrogens with one attached hydrogen (secondary N) is 2. The molecule has 112 valence electrons. The summed E-state index contributed by atoms with van der Waals surface area (Å²) in [6.07, 6.45) is 2.71. The number of fused-ring (bicyclic) bond motifs is 1. The predicted molar refractivity (Wildman–Crippen MR) is 85.5 cm³/mol. The first-order valence-electron chi connectivity index (χ1n) is 7.07. The van der Waals surface area contributed by atoms with Crippen molar-refractivity contribution < 1.29 is 9.53 Å². The van der Waals surface area contributed by atoms with Crippen molar-refractivity contribution >= 4 is 39.5 Å². The fraction of sp³-hybridized carbons (Fsp3) is 0.267. The van der Waals surface area contributed by atoms with Crippen molar-refractivity contribution in [1.29, 1.82) is 0 Å². The van der Waals surface area contributed by atoms with Crippen LogP contribution in [-0.2, 0) is 9.53 Å². The molecule has 0 spiro atoms. The molecular formula is C15H14N4O2S. The lowest BCUT2D eigenvalue weighted by atomic mass is 10.2. The maximum absolute atomic E-state index is 12.0. The van der Waals surface area contributed by atoms with Gasteiger partial charge < -0.3 is 10.1 Å². The van der Waals surface area contributed by atoms with Crippen LogP contribution >= 0.6 is 11.3 Å². The third-order valence-electron chi connectivity index (χ3n) is 3.61. The summed E-state index contributed by atoms with van der Waals surface area (Å²) < 4.78 is 6.38. The molecule has 1 atom stereocenters. The van der Waals surface area contributed by atoms with Crippen molar-refractivity contribution in [2.24, 2.45) is 4.99 Å². The minimum absolute atomic E-state index is 0.121. The standard InChI is InChI=1S/C15H14N4O2S/c20-14-12(18-15(19-14)17-10-3-4-21-7-10)5-9-1-2-11-13(6-9)22-8-16-11/h1-2,5-6,8,10H,3-4,7H2,(H2,17,18,19,20)/b12-5-/t10-/m0/s1. The minimum atomic E-state index is -0.165. The zero-order valence-corrected chi connectivity index (χ0v) is 12.5. The maximum atomic E-state index is 12.0. The van der Waals surface area contributed by atoms with E-state index in [2.05, 4.69) is 20.6 Å². The molecule has 1 amide bonds. The summed E-state index contributed by atoms with van der Waals surface area (Å²) in [5, 5.41) is 5.79. The zero-order valence-electron chi connectivity index (χ0n) is 11.7. The van der Waals surface area contributed by atoms with Crippen LogP contribution in [0.3, 0.4) is 0 Å². The van der Waals surface area contributed by atoms with Crippen molar-refractivity contribution in [1.82, 2.24) is 15.6 Å². The van der Waals surface area contributed by atoms with Crippen molar-refractivity contribution in [3.8, 4) is 0 Å². The minimum Gasteiger partial charge on any atom is -0.379 e. The monoisotopic (exact) mass is 314 g/mol. The quantitative estimate of drug-likeness (QED) is 0.824. The molecule has 2 aliphatic heterocycles. The van der Waals surface area contributed by atoms with E-state index in [9.17, 15) is 4.79 Å². The summed E-state index contributed by atoms with van der Waals surface area (Å²) in [6, 6.07) is 6.05. The lowest BCUT2D eigenvalue weighted by molar-refractivity contribution is -0.115. The second kappa shape index (κ2) is 5.51. The van der Waals surface area contributed by atoms with Gasteiger partial charge in [-0.2, -0.15) is 0 Å². The largest absolute Gasteiger partial charge is 0.379 e. The predicted octanol–water partition coefficient (Wildman–Crippen LogP) is 1.50. The average molecular weight is 314 g/mol. The molecule has 22 heavy (non-hydrogen) atoms. The highest BCUT2D eigenvalue weighted by molar-refractivity contribution is 7.16. The van der Waals surface area contributed by atoms with Gasteiger partial charge in [0.05, 0.1) is 28.4 Å². The first-order valence-corrected chi connectivity index (χ1v) is 7.95. The Balaban J connectivity index is 1.57. The fourth-order valence-corrected chi connectivity index (χ4v) is 3.22. The molecule has 2 aromatic rings. The number of benzene rings is 1. The summed E-state index contributed by atoms with van der Waals surface area (Å²) in [5.41, 5.74) is 4.25. The highest BCUT2D eigenvalue weighted by atomic mass is 32.1. The molecule has 0 unspecified atom stereocenters. The molecule has 0 radical (unpaired) electrons. The number of aromatic nitrogens is 1. The molecule has 1 aromatic heterocycles. The Kier molecular flexibility index (Phi) is 3.36. The van der Waals surface area contributed by atoms with Gasteiger partial charge in [0.1, 0.15) is 5.70 Å². The summed E-state index contributed by atoms with van der Waals surface area (Å²) in [7, 11) is 0. The molecule has 4 rings (SSSR count). The smallest absolute Gasteiger partial charge is 0.274 e. The second-order valence-electron chi connectivity index (χ2n) is 5.21. The van der Waals surface area contributed by atoms with Crippen LogP contribution in [0.5, 0.6) is 0 Å². The molecule has 3 heterocycles. The van der Waals surface area contributed by atoms with Gasteiger partial charge in [-0.05, 0) is 30.2 Å². The second-order valence-corrected chi connectivity index (χ2v) is 6.10. The van der Waals surface area contributed by atoms with Crippen molar-refractivity contribution in [2.75, 3.05) is 13.2 Å². The molecule has 0 saturated carbocycles. The summed E-state index contributed by atoms with van der Waals surface area (Å²) in [4.78, 5) is 20.7. The summed E-state index contributed by atoms with van der Waals surface area (Å²) in [6.45, 7) is 1.34. The van der Waals surface area contributed by atoms with E-state index in [-0.39, 0.29) is 11.9 Å². The van der Waals surface area contributed by atoms with Gasteiger partial charge in [-0.15, -0.1) is 11.3 Å². The topological polar surface area (TPSA) is 75.6 Å². The van der Waals surface area contributed by atoms with Gasteiger partial charge in [-0.3, -0.25) is 10.1 Å². The van der Waals surface area contributed by atoms with E-state index in [1.165, 1.54) is 0 Å². The molecule has 2 fully saturated rings. The average Bonchev–Trinajstić information content (AvgIpc) is 3.21. The van der Waals surface area contributed by atoms with Crippen molar-refractivity contribution in [3.63, 3.8) is 0 Å². The zero-order chi connectivity index (χ0) is 14.9. The number of hydrogen-bond donors (Lipinski definition) is 2. The van der Waals surface area contributed by atoms with Gasteiger partial charge >= 0.3 is 0 Å². The molecule has 0 bridgehead atoms. The Hall–Kier alpha value is -2.25. The lowest BCUT2D eigenvalue weighted by Gasteiger charge is -2.02. The van der Waals surface area contributed by atoms with E-state index in [0.29, 0.717) is 18.3 Å². The number of ether oxygens (including phenoxy) is 1. The van der Waals surface area contributed by atoms with Crippen LogP contribution in [0.1, 0.15) is 12.0 Å². The number of guanidine groups is 1. The molecule has 7 heteroatoms. The van der Waals surface area contributed by atoms with Gasteiger partial charge in [0, 0.05) is 6.61 Å². The number of rotatable bonds is 2. The van der Waals surface area contributed by atoms with Crippen LogP contribution in [-0.4, -0.2) is 36.1 Å². The van der Waals surface area contributed by atoms with Gasteiger partial charge in [-0.25, -0.2) is 9.98 Å². The van der Waals surface area contributed by atoms with E-state index in [4.69, 9.17) is 4.74 Å². The van der Waals surface area contributed by atoms with E-state index < -0.39 is 0 Å².